The minimum atomic E-state index is -0.941. The fraction of sp³-hybridized carbons (Fsp3) is 0.640. The van der Waals surface area contributed by atoms with Crippen LogP contribution in [0.5, 0.6) is 0 Å². The first-order chi connectivity index (χ1) is 14.6. The van der Waals surface area contributed by atoms with E-state index in [2.05, 4.69) is 10.6 Å². The van der Waals surface area contributed by atoms with Crippen LogP contribution in [0.4, 0.5) is 5.69 Å². The highest BCUT2D eigenvalue weighted by molar-refractivity contribution is 5.96. The molecule has 0 radical (unpaired) electrons. The molecule has 4 aliphatic rings. The summed E-state index contributed by atoms with van der Waals surface area (Å²) in [6, 6.07) is 4.00. The molecule has 31 heavy (non-hydrogen) atoms. The second kappa shape index (κ2) is 8.29. The zero-order valence-electron chi connectivity index (χ0n) is 19.0. The molecule has 0 spiro atoms. The lowest BCUT2D eigenvalue weighted by molar-refractivity contribution is -0.155. The summed E-state index contributed by atoms with van der Waals surface area (Å²) in [5.74, 6) is 1.03. The van der Waals surface area contributed by atoms with E-state index in [9.17, 15) is 14.4 Å². The molecule has 4 saturated carbocycles. The number of anilines is 1. The van der Waals surface area contributed by atoms with Crippen LogP contribution in [-0.4, -0.2) is 30.4 Å². The minimum Gasteiger partial charge on any atom is -0.451 e. The molecule has 1 atom stereocenters. The number of rotatable bonds is 6. The lowest BCUT2D eigenvalue weighted by Crippen LogP contribution is -2.54. The molecule has 1 aromatic carbocycles. The van der Waals surface area contributed by atoms with Gasteiger partial charge in [0.05, 0.1) is 0 Å². The maximum Gasteiger partial charge on any atom is 0.326 e. The third-order valence-corrected chi connectivity index (χ3v) is 7.52. The van der Waals surface area contributed by atoms with Crippen LogP contribution in [0.25, 0.3) is 0 Å². The topological polar surface area (TPSA) is 84.5 Å². The summed E-state index contributed by atoms with van der Waals surface area (Å²) in [4.78, 5) is 37.8. The summed E-state index contributed by atoms with van der Waals surface area (Å²) in [7, 11) is 0. The van der Waals surface area contributed by atoms with Crippen LogP contribution in [0, 0.1) is 43.9 Å². The SMILES string of the molecule is Cc1cc(C)c(NC(=O)[C@H](C)OC(=O)CNC(=O)C23CC4CC(CC(C4)C2)C3)c(C)c1. The zero-order chi connectivity index (χ0) is 22.3. The van der Waals surface area contributed by atoms with Crippen molar-refractivity contribution in [1.82, 2.24) is 5.32 Å². The highest BCUT2D eigenvalue weighted by atomic mass is 16.5. The van der Waals surface area contributed by atoms with Crippen LogP contribution >= 0.6 is 0 Å². The van der Waals surface area contributed by atoms with Gasteiger partial charge in [-0.2, -0.15) is 0 Å². The molecule has 6 nitrogen and oxygen atoms in total. The summed E-state index contributed by atoms with van der Waals surface area (Å²) in [5, 5.41) is 5.67. The Labute approximate surface area is 184 Å². The maximum atomic E-state index is 13.0. The van der Waals surface area contributed by atoms with E-state index >= 15 is 0 Å². The van der Waals surface area contributed by atoms with Crippen molar-refractivity contribution in [3.05, 3.63) is 28.8 Å². The van der Waals surface area contributed by atoms with Crippen molar-refractivity contribution in [3.8, 4) is 0 Å². The smallest absolute Gasteiger partial charge is 0.326 e. The first-order valence-corrected chi connectivity index (χ1v) is 11.5. The monoisotopic (exact) mass is 426 g/mol. The molecule has 0 heterocycles. The van der Waals surface area contributed by atoms with Crippen LogP contribution in [0.2, 0.25) is 0 Å². The van der Waals surface area contributed by atoms with Crippen LogP contribution in [0.1, 0.15) is 62.1 Å². The number of nitrogens with one attached hydrogen (secondary N) is 2. The normalized spacial score (nSPS) is 29.4. The van der Waals surface area contributed by atoms with Gasteiger partial charge in [0, 0.05) is 11.1 Å². The van der Waals surface area contributed by atoms with Gasteiger partial charge in [0.15, 0.2) is 6.10 Å². The van der Waals surface area contributed by atoms with Gasteiger partial charge in [0.25, 0.3) is 5.91 Å². The number of carbonyl (C=O) groups excluding carboxylic acids is 3. The van der Waals surface area contributed by atoms with Gasteiger partial charge in [-0.05, 0) is 95.1 Å². The third-order valence-electron chi connectivity index (χ3n) is 7.52. The van der Waals surface area contributed by atoms with Crippen LogP contribution in [-0.2, 0) is 19.1 Å². The van der Waals surface area contributed by atoms with E-state index in [1.54, 1.807) is 6.92 Å². The molecular formula is C25H34N2O4. The van der Waals surface area contributed by atoms with Crippen LogP contribution in [0.15, 0.2) is 12.1 Å². The van der Waals surface area contributed by atoms with Crippen LogP contribution < -0.4 is 10.6 Å². The Morgan fingerprint density at radius 2 is 1.52 bits per heavy atom. The van der Waals surface area contributed by atoms with E-state index < -0.39 is 12.1 Å². The van der Waals surface area contributed by atoms with E-state index in [4.69, 9.17) is 4.74 Å². The fourth-order valence-corrected chi connectivity index (χ4v) is 6.62. The van der Waals surface area contributed by atoms with Gasteiger partial charge in [0.1, 0.15) is 6.54 Å². The maximum absolute atomic E-state index is 13.0. The van der Waals surface area contributed by atoms with E-state index in [1.165, 1.54) is 19.3 Å². The van der Waals surface area contributed by atoms with Gasteiger partial charge >= 0.3 is 5.97 Å². The van der Waals surface area contributed by atoms with Crippen molar-refractivity contribution in [3.63, 3.8) is 0 Å². The first kappa shape index (κ1) is 21.8. The third kappa shape index (κ3) is 4.48. The van der Waals surface area contributed by atoms with Gasteiger partial charge in [-0.25, -0.2) is 0 Å². The van der Waals surface area contributed by atoms with E-state index in [0.29, 0.717) is 17.8 Å². The van der Waals surface area contributed by atoms with Gasteiger partial charge in [-0.15, -0.1) is 0 Å². The molecule has 0 unspecified atom stereocenters. The standard InChI is InChI=1S/C25H34N2O4/c1-14-5-15(2)22(16(3)6-14)27-23(29)17(4)31-21(28)13-26-24(30)25-10-18-7-19(11-25)9-20(8-18)12-25/h5-6,17-20H,7-13H2,1-4H3,(H,26,30)(H,27,29)/t17-,18?,19?,20?,25?/m0/s1. The predicted molar refractivity (Wildman–Crippen MR) is 118 cm³/mol. The average molecular weight is 427 g/mol. The largest absolute Gasteiger partial charge is 0.451 e. The van der Waals surface area contributed by atoms with Gasteiger partial charge in [-0.3, -0.25) is 14.4 Å². The van der Waals surface area contributed by atoms with E-state index in [0.717, 1.165) is 41.6 Å². The van der Waals surface area contributed by atoms with Crippen molar-refractivity contribution in [2.45, 2.75) is 72.3 Å². The Hall–Kier alpha value is -2.37. The minimum absolute atomic E-state index is 0.00782. The molecule has 1 aromatic rings. The highest BCUT2D eigenvalue weighted by Crippen LogP contribution is 2.60. The second-order valence-electron chi connectivity index (χ2n) is 10.3. The van der Waals surface area contributed by atoms with Gasteiger partial charge < -0.3 is 15.4 Å². The van der Waals surface area contributed by atoms with Gasteiger partial charge in [0.2, 0.25) is 5.91 Å². The zero-order valence-corrected chi connectivity index (χ0v) is 19.0. The van der Waals surface area contributed by atoms with E-state index in [1.807, 2.05) is 32.9 Å². The van der Waals surface area contributed by atoms with Crippen molar-refractivity contribution in [2.24, 2.45) is 23.2 Å². The van der Waals surface area contributed by atoms with Gasteiger partial charge in [-0.1, -0.05) is 17.7 Å². The number of carbonyl (C=O) groups is 3. The second-order valence-corrected chi connectivity index (χ2v) is 10.3. The number of benzene rings is 1. The summed E-state index contributed by atoms with van der Waals surface area (Å²) in [5.41, 5.74) is 3.51. The number of amides is 2. The Morgan fingerprint density at radius 1 is 1.00 bits per heavy atom. The molecule has 6 heteroatoms. The molecule has 0 aliphatic heterocycles. The molecule has 0 saturated heterocycles. The molecule has 2 N–H and O–H groups in total. The fourth-order valence-electron chi connectivity index (χ4n) is 6.62. The molecule has 4 aliphatic carbocycles. The molecule has 4 fully saturated rings. The molecule has 0 aromatic heterocycles. The van der Waals surface area contributed by atoms with Crippen molar-refractivity contribution < 1.29 is 19.1 Å². The molecule has 168 valence electrons. The average Bonchev–Trinajstić information content (AvgIpc) is 2.67. The molecule has 2 amide bonds. The molecule has 4 bridgehead atoms. The Morgan fingerprint density at radius 3 is 2.03 bits per heavy atom. The molecule has 5 rings (SSSR count). The predicted octanol–water partition coefficient (Wildman–Crippen LogP) is 3.81. The lowest BCUT2D eigenvalue weighted by atomic mass is 9.49. The highest BCUT2D eigenvalue weighted by Gasteiger charge is 2.54. The van der Waals surface area contributed by atoms with Crippen LogP contribution in [0.3, 0.4) is 0 Å². The first-order valence-electron chi connectivity index (χ1n) is 11.5. The summed E-state index contributed by atoms with van der Waals surface area (Å²) in [6.45, 7) is 7.24. The number of hydrogen-bond acceptors (Lipinski definition) is 4. The number of ether oxygens (including phenoxy) is 1. The summed E-state index contributed by atoms with van der Waals surface area (Å²) in [6.07, 6.45) is 5.71. The number of esters is 1. The lowest BCUT2D eigenvalue weighted by Gasteiger charge is -2.55. The van der Waals surface area contributed by atoms with Crippen molar-refractivity contribution in [2.75, 3.05) is 11.9 Å². The van der Waals surface area contributed by atoms with Crippen molar-refractivity contribution >= 4 is 23.5 Å². The number of aryl methyl sites for hydroxylation is 3. The van der Waals surface area contributed by atoms with E-state index in [-0.39, 0.29) is 23.8 Å². The summed E-state index contributed by atoms with van der Waals surface area (Å²) < 4.78 is 5.29. The Balaban J connectivity index is 1.28. The Bertz CT molecular complexity index is 848. The number of hydrogen-bond donors (Lipinski definition) is 2. The Kier molecular flexibility index (Phi) is 5.84. The quantitative estimate of drug-likeness (QED) is 0.678. The summed E-state index contributed by atoms with van der Waals surface area (Å²) >= 11 is 0. The van der Waals surface area contributed by atoms with Crippen molar-refractivity contribution in [1.29, 1.82) is 0 Å². The molecular weight excluding hydrogens is 392 g/mol.